The Morgan fingerprint density at radius 1 is 1.42 bits per heavy atom. The zero-order chi connectivity index (χ0) is 13.9. The molecule has 1 aromatic heterocycles. The third-order valence-corrected chi connectivity index (χ3v) is 3.92. The van der Waals surface area contributed by atoms with E-state index in [9.17, 15) is 9.59 Å². The first-order valence-corrected chi connectivity index (χ1v) is 6.76. The van der Waals surface area contributed by atoms with E-state index < -0.39 is 5.54 Å². The van der Waals surface area contributed by atoms with E-state index in [1.165, 1.54) is 11.3 Å². The lowest BCUT2D eigenvalue weighted by atomic mass is 10.1. The summed E-state index contributed by atoms with van der Waals surface area (Å²) in [4.78, 5) is 24.4. The highest BCUT2D eigenvalue weighted by atomic mass is 35.5. The van der Waals surface area contributed by atoms with Gasteiger partial charge in [0.25, 0.3) is 0 Å². The summed E-state index contributed by atoms with van der Waals surface area (Å²) >= 11 is 1.22. The maximum absolute atomic E-state index is 11.7. The van der Waals surface area contributed by atoms with Gasteiger partial charge in [-0.3, -0.25) is 9.59 Å². The van der Waals surface area contributed by atoms with Crippen molar-refractivity contribution in [1.29, 1.82) is 0 Å². The molecular formula is C12H22ClN3O2S. The molecule has 1 rings (SSSR count). The number of halogens is 1. The number of nitrogens with zero attached hydrogens (tertiary/aromatic N) is 1. The standard InChI is InChI=1S/C12H21N3O2S.ClH/c1-8-9(2)18-11(17)15(8)6-5-10(16)14-12(3,4)7-13;/h5-7,13H2,1-4H3,(H,14,16);1H. The van der Waals surface area contributed by atoms with E-state index in [1.807, 2.05) is 27.7 Å². The lowest BCUT2D eigenvalue weighted by molar-refractivity contribution is -0.122. The topological polar surface area (TPSA) is 77.1 Å². The fourth-order valence-corrected chi connectivity index (χ4v) is 2.41. The maximum Gasteiger partial charge on any atom is 0.307 e. The molecule has 0 aromatic carbocycles. The van der Waals surface area contributed by atoms with Gasteiger partial charge in [-0.25, -0.2) is 0 Å². The SMILES string of the molecule is Cc1sc(=O)n(CCC(=O)NC(C)(C)CN)c1C.Cl. The molecular weight excluding hydrogens is 286 g/mol. The normalized spacial score (nSPS) is 11.0. The van der Waals surface area contributed by atoms with Crippen LogP contribution in [0, 0.1) is 13.8 Å². The van der Waals surface area contributed by atoms with Gasteiger partial charge in [0.2, 0.25) is 5.91 Å². The molecule has 110 valence electrons. The van der Waals surface area contributed by atoms with Crippen molar-refractivity contribution < 1.29 is 4.79 Å². The van der Waals surface area contributed by atoms with Gasteiger partial charge in [0, 0.05) is 35.6 Å². The van der Waals surface area contributed by atoms with E-state index in [2.05, 4.69) is 5.32 Å². The van der Waals surface area contributed by atoms with Crippen LogP contribution in [0.5, 0.6) is 0 Å². The lowest BCUT2D eigenvalue weighted by Gasteiger charge is -2.24. The number of hydrogen-bond acceptors (Lipinski definition) is 4. The van der Waals surface area contributed by atoms with Gasteiger partial charge in [0.05, 0.1) is 0 Å². The average molecular weight is 308 g/mol. The minimum atomic E-state index is -0.401. The molecule has 0 spiro atoms. The number of nitrogens with one attached hydrogen (secondary N) is 1. The summed E-state index contributed by atoms with van der Waals surface area (Å²) < 4.78 is 1.65. The lowest BCUT2D eigenvalue weighted by Crippen LogP contribution is -2.49. The Kier molecular flexibility index (Phi) is 6.76. The van der Waals surface area contributed by atoms with Gasteiger partial charge >= 0.3 is 4.87 Å². The molecule has 0 unspecified atom stereocenters. The van der Waals surface area contributed by atoms with Crippen LogP contribution in [0.1, 0.15) is 30.8 Å². The van der Waals surface area contributed by atoms with E-state index >= 15 is 0 Å². The summed E-state index contributed by atoms with van der Waals surface area (Å²) in [5.74, 6) is -0.0828. The molecule has 1 heterocycles. The number of hydrogen-bond donors (Lipinski definition) is 2. The molecule has 0 radical (unpaired) electrons. The van der Waals surface area contributed by atoms with E-state index in [0.717, 1.165) is 10.6 Å². The van der Waals surface area contributed by atoms with Gasteiger partial charge in [0.1, 0.15) is 0 Å². The first-order chi connectivity index (χ1) is 8.26. The largest absolute Gasteiger partial charge is 0.350 e. The molecule has 0 saturated heterocycles. The molecule has 0 aliphatic heterocycles. The number of carbonyl (C=O) groups is 1. The van der Waals surface area contributed by atoms with E-state index in [0.29, 0.717) is 19.5 Å². The van der Waals surface area contributed by atoms with Gasteiger partial charge in [-0.15, -0.1) is 12.4 Å². The fraction of sp³-hybridized carbons (Fsp3) is 0.667. The van der Waals surface area contributed by atoms with Crippen molar-refractivity contribution in [2.75, 3.05) is 6.54 Å². The Labute approximate surface area is 123 Å². The number of aryl methyl sites for hydroxylation is 1. The van der Waals surface area contributed by atoms with Gasteiger partial charge in [0.15, 0.2) is 0 Å². The first-order valence-electron chi connectivity index (χ1n) is 5.95. The van der Waals surface area contributed by atoms with Crippen molar-refractivity contribution >= 4 is 29.7 Å². The summed E-state index contributed by atoms with van der Waals surface area (Å²) in [7, 11) is 0. The number of amides is 1. The van der Waals surface area contributed by atoms with Gasteiger partial charge in [-0.05, 0) is 27.7 Å². The third-order valence-electron chi connectivity index (χ3n) is 2.93. The van der Waals surface area contributed by atoms with Crippen LogP contribution in [0.15, 0.2) is 4.79 Å². The summed E-state index contributed by atoms with van der Waals surface area (Å²) in [6.07, 6.45) is 0.292. The smallest absolute Gasteiger partial charge is 0.307 e. The Morgan fingerprint density at radius 2 is 2.00 bits per heavy atom. The zero-order valence-electron chi connectivity index (χ0n) is 11.8. The number of nitrogens with two attached hydrogens (primary N) is 1. The molecule has 1 aromatic rings. The van der Waals surface area contributed by atoms with Crippen LogP contribution < -0.4 is 15.9 Å². The average Bonchev–Trinajstić information content (AvgIpc) is 2.50. The van der Waals surface area contributed by atoms with Crippen LogP contribution in [-0.2, 0) is 11.3 Å². The molecule has 5 nitrogen and oxygen atoms in total. The molecule has 0 aliphatic carbocycles. The Morgan fingerprint density at radius 3 is 2.42 bits per heavy atom. The fourth-order valence-electron chi connectivity index (χ4n) is 1.55. The summed E-state index contributed by atoms with van der Waals surface area (Å²) in [5.41, 5.74) is 6.08. The summed E-state index contributed by atoms with van der Waals surface area (Å²) in [6.45, 7) is 8.36. The first kappa shape index (κ1) is 18.1. The second kappa shape index (κ2) is 7.07. The highest BCUT2D eigenvalue weighted by molar-refractivity contribution is 7.09. The molecule has 0 fully saturated rings. The Balaban J connectivity index is 0.00000324. The monoisotopic (exact) mass is 307 g/mol. The predicted octanol–water partition coefficient (Wildman–Crippen LogP) is 1.19. The molecule has 0 aliphatic rings. The molecule has 0 atom stereocenters. The predicted molar refractivity (Wildman–Crippen MR) is 81.2 cm³/mol. The Bertz CT molecular complexity index is 494. The maximum atomic E-state index is 11.7. The van der Waals surface area contributed by atoms with Gasteiger partial charge in [-0.1, -0.05) is 11.3 Å². The molecule has 7 heteroatoms. The zero-order valence-corrected chi connectivity index (χ0v) is 13.4. The third kappa shape index (κ3) is 4.97. The number of carbonyl (C=O) groups excluding carboxylic acids is 1. The highest BCUT2D eigenvalue weighted by Gasteiger charge is 2.18. The number of rotatable bonds is 5. The van der Waals surface area contributed by atoms with Crippen LogP contribution in [0.2, 0.25) is 0 Å². The molecule has 0 saturated carbocycles. The second-order valence-corrected chi connectivity index (χ2v) is 6.21. The van der Waals surface area contributed by atoms with E-state index in [-0.39, 0.29) is 23.2 Å². The second-order valence-electron chi connectivity index (χ2n) is 5.05. The van der Waals surface area contributed by atoms with Gasteiger partial charge < -0.3 is 15.6 Å². The van der Waals surface area contributed by atoms with Crippen LogP contribution in [0.3, 0.4) is 0 Å². The Hall–Kier alpha value is -0.850. The van der Waals surface area contributed by atoms with Crippen LogP contribution in [-0.4, -0.2) is 22.6 Å². The van der Waals surface area contributed by atoms with Crippen molar-refractivity contribution in [1.82, 2.24) is 9.88 Å². The van der Waals surface area contributed by atoms with E-state index in [4.69, 9.17) is 5.73 Å². The van der Waals surface area contributed by atoms with Gasteiger partial charge in [-0.2, -0.15) is 0 Å². The van der Waals surface area contributed by atoms with E-state index in [1.54, 1.807) is 4.57 Å². The van der Waals surface area contributed by atoms with Crippen molar-refractivity contribution in [3.8, 4) is 0 Å². The number of aromatic nitrogens is 1. The quantitative estimate of drug-likeness (QED) is 0.858. The molecule has 1 amide bonds. The van der Waals surface area contributed by atoms with Crippen molar-refractivity contribution in [3.63, 3.8) is 0 Å². The van der Waals surface area contributed by atoms with Crippen LogP contribution in [0.25, 0.3) is 0 Å². The minimum absolute atomic E-state index is 0. The minimum Gasteiger partial charge on any atom is -0.350 e. The summed E-state index contributed by atoms with van der Waals surface area (Å²) in [5, 5.41) is 2.85. The van der Waals surface area contributed by atoms with Crippen molar-refractivity contribution in [2.24, 2.45) is 5.73 Å². The van der Waals surface area contributed by atoms with Crippen molar-refractivity contribution in [3.05, 3.63) is 20.2 Å². The van der Waals surface area contributed by atoms with Crippen LogP contribution >= 0.6 is 23.7 Å². The molecule has 19 heavy (non-hydrogen) atoms. The summed E-state index contributed by atoms with van der Waals surface area (Å²) in [6, 6.07) is 0. The molecule has 3 N–H and O–H groups in total. The molecule has 0 bridgehead atoms. The number of thiazole rings is 1. The van der Waals surface area contributed by atoms with Crippen LogP contribution in [0.4, 0.5) is 0 Å². The highest BCUT2D eigenvalue weighted by Crippen LogP contribution is 2.10. The van der Waals surface area contributed by atoms with Crippen molar-refractivity contribution in [2.45, 2.75) is 46.2 Å².